The molecule has 0 unspecified atom stereocenters. The van der Waals surface area contributed by atoms with Crippen molar-refractivity contribution in [1.29, 1.82) is 0 Å². The van der Waals surface area contributed by atoms with Gasteiger partial charge in [0.05, 0.1) is 7.11 Å². The molecule has 4 heavy (non-hydrogen) atoms. The SMILES string of the molecule is COO.[Cu]. The fraction of sp³-hybridized carbons (Fsp3) is 1.00. The Morgan fingerprint density at radius 2 is 1.75 bits per heavy atom. The van der Waals surface area contributed by atoms with Crippen LogP contribution in [0.5, 0.6) is 0 Å². The smallest absolute Gasteiger partial charge is 0.0710 e. The Morgan fingerprint density at radius 1 is 1.75 bits per heavy atom. The fourth-order valence-corrected chi connectivity index (χ4v) is 0. The van der Waals surface area contributed by atoms with E-state index in [0.717, 1.165) is 0 Å². The van der Waals surface area contributed by atoms with E-state index in [4.69, 9.17) is 5.26 Å². The monoisotopic (exact) mass is 111 g/mol. The molecule has 0 aromatic rings. The molecular weight excluding hydrogens is 108 g/mol. The summed E-state index contributed by atoms with van der Waals surface area (Å²) in [6.07, 6.45) is 0. The Morgan fingerprint density at radius 3 is 1.75 bits per heavy atom. The summed E-state index contributed by atoms with van der Waals surface area (Å²) in [5.41, 5.74) is 0. The third-order valence-corrected chi connectivity index (χ3v) is 0. The standard InChI is InChI=1S/CH4O2.Cu/c1-3-2;/h2H,1H3;. The second kappa shape index (κ2) is 9.88. The quantitative estimate of drug-likeness (QED) is 0.273. The molecule has 2 nitrogen and oxygen atoms in total. The minimum atomic E-state index is 0. The van der Waals surface area contributed by atoms with E-state index in [0.29, 0.717) is 0 Å². The normalized spacial score (nSPS) is 4.50. The predicted molar refractivity (Wildman–Crippen MR) is 9.64 cm³/mol. The maximum atomic E-state index is 7.07. The van der Waals surface area contributed by atoms with Crippen LogP contribution >= 0.6 is 0 Å². The van der Waals surface area contributed by atoms with E-state index in [-0.39, 0.29) is 17.1 Å². The molecule has 0 aliphatic rings. The van der Waals surface area contributed by atoms with Gasteiger partial charge in [0.2, 0.25) is 0 Å². The van der Waals surface area contributed by atoms with Crippen LogP contribution in [0.3, 0.4) is 0 Å². The summed E-state index contributed by atoms with van der Waals surface area (Å²) in [6.45, 7) is 0. The molecule has 1 N–H and O–H groups in total. The van der Waals surface area contributed by atoms with E-state index in [9.17, 15) is 0 Å². The Bertz CT molecular complexity index is 6.00. The first-order chi connectivity index (χ1) is 1.41. The maximum absolute atomic E-state index is 7.07. The molecule has 0 heterocycles. The van der Waals surface area contributed by atoms with Crippen LogP contribution in [0.25, 0.3) is 0 Å². The largest absolute Gasteiger partial charge is 0.252 e. The fourth-order valence-electron chi connectivity index (χ4n) is 0. The molecule has 3 heteroatoms. The van der Waals surface area contributed by atoms with Crippen LogP contribution in [0.1, 0.15) is 0 Å². The molecule has 0 aliphatic carbocycles. The maximum Gasteiger partial charge on any atom is 0.0710 e. The predicted octanol–water partition coefficient (Wildman–Crippen LogP) is 0.103. The molecule has 0 atom stereocenters. The van der Waals surface area contributed by atoms with Gasteiger partial charge in [-0.05, 0) is 0 Å². The molecule has 31 valence electrons. The van der Waals surface area contributed by atoms with Gasteiger partial charge in [-0.15, -0.1) is 0 Å². The summed E-state index contributed by atoms with van der Waals surface area (Å²) >= 11 is 0. The first-order valence-electron chi connectivity index (χ1n) is 0.591. The van der Waals surface area contributed by atoms with Gasteiger partial charge in [0.15, 0.2) is 0 Å². The van der Waals surface area contributed by atoms with Gasteiger partial charge in [0.25, 0.3) is 0 Å². The van der Waals surface area contributed by atoms with Crippen molar-refractivity contribution in [3.63, 3.8) is 0 Å². The van der Waals surface area contributed by atoms with Crippen molar-refractivity contribution in [3.8, 4) is 0 Å². The average Bonchev–Trinajstić information content (AvgIpc) is 0.918. The molecule has 0 rings (SSSR count). The van der Waals surface area contributed by atoms with Crippen LogP contribution in [-0.2, 0) is 22.0 Å². The average molecular weight is 112 g/mol. The second-order valence-corrected chi connectivity index (χ2v) is 0.183. The summed E-state index contributed by atoms with van der Waals surface area (Å²) in [5.74, 6) is 0. The molecule has 0 aliphatic heterocycles. The second-order valence-electron chi connectivity index (χ2n) is 0.183. The van der Waals surface area contributed by atoms with E-state index >= 15 is 0 Å². The summed E-state index contributed by atoms with van der Waals surface area (Å²) < 4.78 is 0. The number of hydrogen-bond donors (Lipinski definition) is 1. The molecule has 1 radical (unpaired) electrons. The van der Waals surface area contributed by atoms with Gasteiger partial charge in [-0.3, -0.25) is 5.26 Å². The number of hydrogen-bond acceptors (Lipinski definition) is 2. The molecule has 0 spiro atoms. The van der Waals surface area contributed by atoms with Crippen molar-refractivity contribution in [2.75, 3.05) is 7.11 Å². The summed E-state index contributed by atoms with van der Waals surface area (Å²) in [4.78, 5) is 3.25. The first kappa shape index (κ1) is 8.83. The van der Waals surface area contributed by atoms with E-state index in [1.54, 1.807) is 0 Å². The van der Waals surface area contributed by atoms with Gasteiger partial charge in [-0.25, -0.2) is 4.89 Å². The molecular formula is CH4CuO2. The molecule has 0 saturated carbocycles. The number of rotatable bonds is 0. The minimum Gasteiger partial charge on any atom is -0.252 e. The van der Waals surface area contributed by atoms with Gasteiger partial charge < -0.3 is 0 Å². The van der Waals surface area contributed by atoms with E-state index in [2.05, 4.69) is 4.89 Å². The van der Waals surface area contributed by atoms with E-state index in [1.807, 2.05) is 0 Å². The summed E-state index contributed by atoms with van der Waals surface area (Å²) in [5, 5.41) is 7.07. The van der Waals surface area contributed by atoms with Crippen LogP contribution in [0, 0.1) is 0 Å². The van der Waals surface area contributed by atoms with E-state index < -0.39 is 0 Å². The molecule has 0 saturated heterocycles. The first-order valence-corrected chi connectivity index (χ1v) is 0.591. The molecule has 0 aromatic heterocycles. The van der Waals surface area contributed by atoms with Gasteiger partial charge >= 0.3 is 0 Å². The van der Waals surface area contributed by atoms with Gasteiger partial charge in [0.1, 0.15) is 0 Å². The summed E-state index contributed by atoms with van der Waals surface area (Å²) in [7, 11) is 1.18. The summed E-state index contributed by atoms with van der Waals surface area (Å²) in [6, 6.07) is 0. The molecule has 0 bridgehead atoms. The zero-order valence-electron chi connectivity index (χ0n) is 2.16. The van der Waals surface area contributed by atoms with Crippen LogP contribution < -0.4 is 0 Å². The molecule has 0 fully saturated rings. The van der Waals surface area contributed by atoms with Crippen molar-refractivity contribution in [3.05, 3.63) is 0 Å². The zero-order valence-corrected chi connectivity index (χ0v) is 3.10. The Kier molecular flexibility index (Phi) is 21.8. The third-order valence-electron chi connectivity index (χ3n) is 0. The van der Waals surface area contributed by atoms with Crippen LogP contribution in [0.4, 0.5) is 0 Å². The third kappa shape index (κ3) is 26.2. The zero-order chi connectivity index (χ0) is 2.71. The van der Waals surface area contributed by atoms with Crippen molar-refractivity contribution in [2.45, 2.75) is 0 Å². The van der Waals surface area contributed by atoms with Crippen molar-refractivity contribution < 1.29 is 27.2 Å². The van der Waals surface area contributed by atoms with Gasteiger partial charge in [0, 0.05) is 17.1 Å². The molecule has 0 aromatic carbocycles. The van der Waals surface area contributed by atoms with E-state index in [1.165, 1.54) is 7.11 Å². The van der Waals surface area contributed by atoms with Crippen molar-refractivity contribution >= 4 is 0 Å². The van der Waals surface area contributed by atoms with Crippen LogP contribution in [0.15, 0.2) is 0 Å². The Balaban J connectivity index is 0. The van der Waals surface area contributed by atoms with Gasteiger partial charge in [-0.2, -0.15) is 0 Å². The van der Waals surface area contributed by atoms with Crippen LogP contribution in [0.2, 0.25) is 0 Å². The minimum absolute atomic E-state index is 0. The van der Waals surface area contributed by atoms with Crippen LogP contribution in [-0.4, -0.2) is 12.4 Å². The topological polar surface area (TPSA) is 29.5 Å². The molecule has 0 amide bonds. The van der Waals surface area contributed by atoms with Crippen molar-refractivity contribution in [2.24, 2.45) is 0 Å². The Hall–Kier alpha value is 0.439. The Labute approximate surface area is 35.2 Å². The van der Waals surface area contributed by atoms with Crippen molar-refractivity contribution in [1.82, 2.24) is 0 Å². The van der Waals surface area contributed by atoms with Gasteiger partial charge in [-0.1, -0.05) is 0 Å².